The Bertz CT molecular complexity index is 679. The molecule has 0 aliphatic carbocycles. The lowest BCUT2D eigenvalue weighted by Crippen LogP contribution is -2.29. The van der Waals surface area contributed by atoms with E-state index < -0.39 is 11.6 Å². The highest BCUT2D eigenvalue weighted by molar-refractivity contribution is 7.80. The first-order chi connectivity index (χ1) is 11.1. The topological polar surface area (TPSA) is 33.3 Å². The summed E-state index contributed by atoms with van der Waals surface area (Å²) < 4.78 is 31.6. The van der Waals surface area contributed by atoms with Gasteiger partial charge < -0.3 is 15.4 Å². The highest BCUT2D eigenvalue weighted by Crippen LogP contribution is 2.18. The second-order valence-corrected chi connectivity index (χ2v) is 5.33. The maximum absolute atomic E-state index is 13.5. The summed E-state index contributed by atoms with van der Waals surface area (Å²) in [5.74, 6) is -0.437. The van der Waals surface area contributed by atoms with Crippen LogP contribution in [0.2, 0.25) is 0 Å². The lowest BCUT2D eigenvalue weighted by molar-refractivity contribution is 0.409. The third-order valence-electron chi connectivity index (χ3n) is 3.28. The Hall–Kier alpha value is -2.21. The van der Waals surface area contributed by atoms with Gasteiger partial charge in [0.1, 0.15) is 17.4 Å². The molecule has 0 spiro atoms. The second-order valence-electron chi connectivity index (χ2n) is 4.92. The number of benzene rings is 2. The molecule has 0 heterocycles. The van der Waals surface area contributed by atoms with Gasteiger partial charge in [0.05, 0.1) is 12.8 Å². The van der Waals surface area contributed by atoms with Gasteiger partial charge in [-0.05, 0) is 48.8 Å². The Kier molecular flexibility index (Phi) is 6.29. The lowest BCUT2D eigenvalue weighted by atomic mass is 10.1. The van der Waals surface area contributed by atoms with E-state index in [-0.39, 0.29) is 5.69 Å². The quantitative estimate of drug-likeness (QED) is 0.619. The number of aryl methyl sites for hydroxylation is 1. The molecule has 122 valence electrons. The molecular weight excluding hydrogens is 318 g/mol. The minimum Gasteiger partial charge on any atom is -0.496 e. The van der Waals surface area contributed by atoms with E-state index in [1.807, 2.05) is 24.3 Å². The average molecular weight is 336 g/mol. The number of hydrogen-bond donors (Lipinski definition) is 2. The van der Waals surface area contributed by atoms with E-state index in [9.17, 15) is 8.78 Å². The first kappa shape index (κ1) is 17.1. The number of ether oxygens (including phenoxy) is 1. The predicted molar refractivity (Wildman–Crippen MR) is 91.9 cm³/mol. The zero-order valence-corrected chi connectivity index (χ0v) is 13.6. The first-order valence-corrected chi connectivity index (χ1v) is 7.63. The van der Waals surface area contributed by atoms with E-state index in [0.29, 0.717) is 11.7 Å². The number of hydrogen-bond acceptors (Lipinski definition) is 2. The Labute approximate surface area is 139 Å². The van der Waals surface area contributed by atoms with E-state index in [1.165, 1.54) is 12.1 Å². The molecule has 0 aliphatic heterocycles. The van der Waals surface area contributed by atoms with Gasteiger partial charge in [-0.3, -0.25) is 0 Å². The normalized spacial score (nSPS) is 10.2. The SMILES string of the molecule is COc1ccccc1CCCNC(=S)Nc1ccc(F)cc1F. The molecule has 0 fully saturated rings. The van der Waals surface area contributed by atoms with Gasteiger partial charge >= 0.3 is 0 Å². The molecule has 2 aromatic rings. The van der Waals surface area contributed by atoms with Crippen molar-refractivity contribution in [3.05, 3.63) is 59.7 Å². The second kappa shape index (κ2) is 8.43. The third-order valence-corrected chi connectivity index (χ3v) is 3.53. The van der Waals surface area contributed by atoms with Crippen molar-refractivity contribution in [1.82, 2.24) is 5.32 Å². The van der Waals surface area contributed by atoms with Crippen LogP contribution in [0.4, 0.5) is 14.5 Å². The van der Waals surface area contributed by atoms with E-state index in [0.717, 1.165) is 30.2 Å². The highest BCUT2D eigenvalue weighted by Gasteiger charge is 2.05. The number of halogens is 2. The summed E-state index contributed by atoms with van der Waals surface area (Å²) in [4.78, 5) is 0. The van der Waals surface area contributed by atoms with Gasteiger partial charge in [0, 0.05) is 12.6 Å². The molecule has 23 heavy (non-hydrogen) atoms. The molecule has 6 heteroatoms. The third kappa shape index (κ3) is 5.17. The number of rotatable bonds is 6. The molecule has 0 unspecified atom stereocenters. The fourth-order valence-electron chi connectivity index (χ4n) is 2.15. The van der Waals surface area contributed by atoms with Crippen LogP contribution in [0.15, 0.2) is 42.5 Å². The van der Waals surface area contributed by atoms with E-state index in [4.69, 9.17) is 17.0 Å². The Morgan fingerprint density at radius 2 is 1.96 bits per heavy atom. The molecule has 2 aromatic carbocycles. The van der Waals surface area contributed by atoms with Crippen LogP contribution in [0, 0.1) is 11.6 Å². The number of nitrogens with one attached hydrogen (secondary N) is 2. The summed E-state index contributed by atoms with van der Waals surface area (Å²) in [6.07, 6.45) is 1.68. The maximum atomic E-state index is 13.5. The fraction of sp³-hybridized carbons (Fsp3) is 0.235. The van der Waals surface area contributed by atoms with Gasteiger partial charge in [-0.15, -0.1) is 0 Å². The largest absolute Gasteiger partial charge is 0.496 e. The molecule has 0 aromatic heterocycles. The summed E-state index contributed by atoms with van der Waals surface area (Å²) in [6.45, 7) is 0.632. The minimum absolute atomic E-state index is 0.147. The fourth-order valence-corrected chi connectivity index (χ4v) is 2.36. The van der Waals surface area contributed by atoms with Gasteiger partial charge in [-0.1, -0.05) is 18.2 Å². The predicted octanol–water partition coefficient (Wildman–Crippen LogP) is 3.89. The monoisotopic (exact) mass is 336 g/mol. The summed E-state index contributed by atoms with van der Waals surface area (Å²) in [5.41, 5.74) is 1.27. The van der Waals surface area contributed by atoms with Crippen LogP contribution in [-0.4, -0.2) is 18.8 Å². The minimum atomic E-state index is -0.678. The van der Waals surface area contributed by atoms with Crippen molar-refractivity contribution in [2.75, 3.05) is 19.0 Å². The molecule has 2 rings (SSSR count). The van der Waals surface area contributed by atoms with Crippen LogP contribution in [0.25, 0.3) is 0 Å². The van der Waals surface area contributed by atoms with Crippen LogP contribution in [0.1, 0.15) is 12.0 Å². The van der Waals surface area contributed by atoms with Gasteiger partial charge in [0.2, 0.25) is 0 Å². The average Bonchev–Trinajstić information content (AvgIpc) is 2.54. The number of thiocarbonyl (C=S) groups is 1. The molecule has 0 saturated heterocycles. The summed E-state index contributed by atoms with van der Waals surface area (Å²) in [7, 11) is 1.65. The van der Waals surface area contributed by atoms with Crippen molar-refractivity contribution in [2.45, 2.75) is 12.8 Å². The van der Waals surface area contributed by atoms with Crippen molar-refractivity contribution in [1.29, 1.82) is 0 Å². The van der Waals surface area contributed by atoms with Crippen LogP contribution >= 0.6 is 12.2 Å². The standard InChI is InChI=1S/C17H18F2N2OS/c1-22-16-7-3-2-5-12(16)6-4-10-20-17(23)21-15-9-8-13(18)11-14(15)19/h2-3,5,7-9,11H,4,6,10H2,1H3,(H2,20,21,23). The van der Waals surface area contributed by atoms with Crippen LogP contribution in [-0.2, 0) is 6.42 Å². The molecule has 0 aliphatic rings. The summed E-state index contributed by atoms with van der Waals surface area (Å²) in [6, 6.07) is 11.1. The van der Waals surface area contributed by atoms with Crippen molar-refractivity contribution in [3.63, 3.8) is 0 Å². The zero-order chi connectivity index (χ0) is 16.7. The zero-order valence-electron chi connectivity index (χ0n) is 12.7. The van der Waals surface area contributed by atoms with Crippen LogP contribution < -0.4 is 15.4 Å². The molecule has 0 amide bonds. The molecule has 0 radical (unpaired) electrons. The van der Waals surface area contributed by atoms with E-state index >= 15 is 0 Å². The lowest BCUT2D eigenvalue weighted by Gasteiger charge is -2.12. The Morgan fingerprint density at radius 3 is 2.70 bits per heavy atom. The Balaban J connectivity index is 1.76. The van der Waals surface area contributed by atoms with Crippen molar-refractivity contribution >= 4 is 23.0 Å². The van der Waals surface area contributed by atoms with Crippen LogP contribution in [0.3, 0.4) is 0 Å². The highest BCUT2D eigenvalue weighted by atomic mass is 32.1. The molecule has 2 N–H and O–H groups in total. The summed E-state index contributed by atoms with van der Waals surface area (Å²) >= 11 is 5.10. The molecule has 3 nitrogen and oxygen atoms in total. The maximum Gasteiger partial charge on any atom is 0.170 e. The number of methoxy groups -OCH3 is 1. The smallest absolute Gasteiger partial charge is 0.170 e. The molecule has 0 saturated carbocycles. The van der Waals surface area contributed by atoms with Gasteiger partial charge in [0.25, 0.3) is 0 Å². The molecular formula is C17H18F2N2OS. The molecule has 0 atom stereocenters. The molecule has 0 bridgehead atoms. The van der Waals surface area contributed by atoms with E-state index in [1.54, 1.807) is 7.11 Å². The number of para-hydroxylation sites is 1. The van der Waals surface area contributed by atoms with Gasteiger partial charge in [-0.2, -0.15) is 0 Å². The van der Waals surface area contributed by atoms with Gasteiger partial charge in [0.15, 0.2) is 5.11 Å². The van der Waals surface area contributed by atoms with Gasteiger partial charge in [-0.25, -0.2) is 8.78 Å². The summed E-state index contributed by atoms with van der Waals surface area (Å²) in [5, 5.41) is 6.01. The number of anilines is 1. The van der Waals surface area contributed by atoms with Crippen LogP contribution in [0.5, 0.6) is 5.75 Å². The van der Waals surface area contributed by atoms with E-state index in [2.05, 4.69) is 10.6 Å². The van der Waals surface area contributed by atoms with Crippen molar-refractivity contribution in [2.24, 2.45) is 0 Å². The Morgan fingerprint density at radius 1 is 1.17 bits per heavy atom. The first-order valence-electron chi connectivity index (χ1n) is 7.22. The van der Waals surface area contributed by atoms with Crippen molar-refractivity contribution < 1.29 is 13.5 Å². The van der Waals surface area contributed by atoms with Crippen molar-refractivity contribution in [3.8, 4) is 5.75 Å².